The monoisotopic (exact) mass is 285 g/mol. The lowest BCUT2D eigenvalue weighted by Crippen LogP contribution is -2.31. The van der Waals surface area contributed by atoms with Crippen LogP contribution in [0, 0.1) is 0 Å². The molecule has 2 amide bonds. The van der Waals surface area contributed by atoms with Crippen molar-refractivity contribution in [3.8, 4) is 0 Å². The van der Waals surface area contributed by atoms with Gasteiger partial charge in [0.25, 0.3) is 11.8 Å². The van der Waals surface area contributed by atoms with E-state index >= 15 is 0 Å². The third-order valence-corrected chi connectivity index (χ3v) is 3.42. The van der Waals surface area contributed by atoms with Crippen LogP contribution in [-0.2, 0) is 6.42 Å². The average molecular weight is 285 g/mol. The van der Waals surface area contributed by atoms with E-state index < -0.39 is 5.97 Å². The van der Waals surface area contributed by atoms with Crippen molar-refractivity contribution in [2.24, 2.45) is 0 Å². The van der Waals surface area contributed by atoms with Crippen molar-refractivity contribution in [2.45, 2.75) is 6.42 Å². The van der Waals surface area contributed by atoms with Crippen LogP contribution in [0.2, 0.25) is 0 Å². The molecule has 3 rings (SSSR count). The molecule has 2 heterocycles. The molecule has 106 valence electrons. The highest BCUT2D eigenvalue weighted by molar-refractivity contribution is 6.21. The van der Waals surface area contributed by atoms with E-state index in [1.807, 2.05) is 0 Å². The maximum absolute atomic E-state index is 12.1. The van der Waals surface area contributed by atoms with Gasteiger partial charge in [0, 0.05) is 13.0 Å². The molecule has 6 nitrogen and oxygen atoms in total. The molecule has 0 aliphatic carbocycles. The molecule has 0 bridgehead atoms. The normalized spacial score (nSPS) is 13.6. The minimum Gasteiger partial charge on any atom is -0.478 e. The number of fused-ring (bicyclic) bond motifs is 1. The minimum absolute atomic E-state index is 0.0478. The van der Waals surface area contributed by atoms with Crippen molar-refractivity contribution >= 4 is 17.8 Å². The van der Waals surface area contributed by atoms with E-state index in [9.17, 15) is 14.4 Å². The van der Waals surface area contributed by atoms with E-state index in [-0.39, 0.29) is 36.1 Å². The molecule has 1 aliphatic heterocycles. The maximum atomic E-state index is 12.1. The summed E-state index contributed by atoms with van der Waals surface area (Å²) in [4.78, 5) is 36.4. The highest BCUT2D eigenvalue weighted by Crippen LogP contribution is 2.23. The number of aromatic carboxylic acids is 1. The van der Waals surface area contributed by atoms with Crippen LogP contribution in [0.4, 0.5) is 0 Å². The molecule has 0 spiro atoms. The molecular formula is C15H11NO5. The first-order valence-corrected chi connectivity index (χ1v) is 6.34. The largest absolute Gasteiger partial charge is 0.478 e. The predicted molar refractivity (Wildman–Crippen MR) is 71.2 cm³/mol. The van der Waals surface area contributed by atoms with E-state index in [1.54, 1.807) is 24.3 Å². The molecule has 1 aliphatic rings. The Bertz CT molecular complexity index is 711. The molecule has 1 aromatic carbocycles. The van der Waals surface area contributed by atoms with E-state index in [0.717, 1.165) is 4.90 Å². The summed E-state index contributed by atoms with van der Waals surface area (Å²) >= 11 is 0. The Kier molecular flexibility index (Phi) is 3.06. The fourth-order valence-electron chi connectivity index (χ4n) is 2.38. The maximum Gasteiger partial charge on any atom is 0.339 e. The number of carboxylic acid groups (broad SMARTS) is 1. The molecule has 2 aromatic rings. The van der Waals surface area contributed by atoms with Gasteiger partial charge in [-0.25, -0.2) is 4.79 Å². The zero-order chi connectivity index (χ0) is 15.0. The van der Waals surface area contributed by atoms with E-state index in [1.165, 1.54) is 12.3 Å². The van der Waals surface area contributed by atoms with Gasteiger partial charge in [-0.1, -0.05) is 12.1 Å². The van der Waals surface area contributed by atoms with Crippen LogP contribution in [0.15, 0.2) is 41.0 Å². The number of imide groups is 1. The first-order chi connectivity index (χ1) is 10.1. The van der Waals surface area contributed by atoms with Crippen LogP contribution in [0.5, 0.6) is 0 Å². The number of benzene rings is 1. The molecule has 0 atom stereocenters. The van der Waals surface area contributed by atoms with Gasteiger partial charge in [0.15, 0.2) is 0 Å². The summed E-state index contributed by atoms with van der Waals surface area (Å²) in [6.45, 7) is 0.0835. The zero-order valence-electron chi connectivity index (χ0n) is 10.9. The van der Waals surface area contributed by atoms with Crippen LogP contribution in [0.1, 0.15) is 36.8 Å². The van der Waals surface area contributed by atoms with Crippen LogP contribution < -0.4 is 0 Å². The summed E-state index contributed by atoms with van der Waals surface area (Å²) in [5, 5.41) is 8.99. The second-order valence-corrected chi connectivity index (χ2v) is 4.62. The Morgan fingerprint density at radius 2 is 1.71 bits per heavy atom. The van der Waals surface area contributed by atoms with Gasteiger partial charge < -0.3 is 9.52 Å². The van der Waals surface area contributed by atoms with Crippen LogP contribution >= 0.6 is 0 Å². The smallest absolute Gasteiger partial charge is 0.339 e. The predicted octanol–water partition coefficient (Wildman–Crippen LogP) is 1.82. The lowest BCUT2D eigenvalue weighted by Gasteiger charge is -2.12. The standard InChI is InChI=1S/C15H11NO5/c17-13-9-3-1-2-4-10(9)14(18)16(13)7-5-12-11(15(19)20)6-8-21-12/h1-4,6,8H,5,7H2,(H,19,20). The fourth-order valence-corrected chi connectivity index (χ4v) is 2.38. The number of carbonyl (C=O) groups excluding carboxylic acids is 2. The molecule has 6 heteroatoms. The number of furan rings is 1. The molecule has 0 saturated heterocycles. The lowest BCUT2D eigenvalue weighted by molar-refractivity contribution is 0.0654. The Balaban J connectivity index is 1.78. The van der Waals surface area contributed by atoms with Crippen LogP contribution in [0.3, 0.4) is 0 Å². The molecule has 0 fully saturated rings. The average Bonchev–Trinajstić information content (AvgIpc) is 3.03. The van der Waals surface area contributed by atoms with Crippen molar-refractivity contribution in [3.63, 3.8) is 0 Å². The summed E-state index contributed by atoms with van der Waals surface area (Å²) in [6.07, 6.45) is 1.45. The zero-order valence-corrected chi connectivity index (χ0v) is 10.9. The summed E-state index contributed by atoms with van der Waals surface area (Å²) in [5.41, 5.74) is 0.799. The first-order valence-electron chi connectivity index (χ1n) is 6.34. The van der Waals surface area contributed by atoms with Crippen LogP contribution in [-0.4, -0.2) is 34.3 Å². The topological polar surface area (TPSA) is 87.8 Å². The van der Waals surface area contributed by atoms with E-state index in [2.05, 4.69) is 0 Å². The molecule has 21 heavy (non-hydrogen) atoms. The number of carbonyl (C=O) groups is 3. The SMILES string of the molecule is O=C(O)c1ccoc1CCN1C(=O)c2ccccc2C1=O. The first kappa shape index (κ1) is 13.1. The molecule has 1 aromatic heterocycles. The van der Waals surface area contributed by atoms with E-state index in [4.69, 9.17) is 9.52 Å². The third kappa shape index (κ3) is 2.10. The summed E-state index contributed by atoms with van der Waals surface area (Å²) in [6, 6.07) is 7.95. The number of carboxylic acids is 1. The molecule has 0 radical (unpaired) electrons. The highest BCUT2D eigenvalue weighted by Gasteiger charge is 2.35. The minimum atomic E-state index is -1.10. The second-order valence-electron chi connectivity index (χ2n) is 4.62. The van der Waals surface area contributed by atoms with Gasteiger partial charge in [-0.15, -0.1) is 0 Å². The van der Waals surface area contributed by atoms with Gasteiger partial charge in [0.05, 0.1) is 17.4 Å². The van der Waals surface area contributed by atoms with E-state index in [0.29, 0.717) is 11.1 Å². The number of rotatable bonds is 4. The summed E-state index contributed by atoms with van der Waals surface area (Å²) in [7, 11) is 0. The van der Waals surface area contributed by atoms with Gasteiger partial charge in [-0.3, -0.25) is 14.5 Å². The lowest BCUT2D eigenvalue weighted by atomic mass is 10.1. The summed E-state index contributed by atoms with van der Waals surface area (Å²) < 4.78 is 5.10. The molecule has 0 saturated carbocycles. The van der Waals surface area contributed by atoms with Gasteiger partial charge in [-0.2, -0.15) is 0 Å². The molecular weight excluding hydrogens is 274 g/mol. The van der Waals surface area contributed by atoms with Gasteiger partial charge in [-0.05, 0) is 18.2 Å². The number of amides is 2. The van der Waals surface area contributed by atoms with Crippen LogP contribution in [0.25, 0.3) is 0 Å². The van der Waals surface area contributed by atoms with Gasteiger partial charge in [0.2, 0.25) is 0 Å². The van der Waals surface area contributed by atoms with Gasteiger partial charge in [0.1, 0.15) is 11.3 Å². The van der Waals surface area contributed by atoms with Crippen molar-refractivity contribution in [2.75, 3.05) is 6.54 Å². The van der Waals surface area contributed by atoms with Crippen molar-refractivity contribution in [1.29, 1.82) is 0 Å². The Hall–Kier alpha value is -2.89. The summed E-state index contributed by atoms with van der Waals surface area (Å²) in [5.74, 6) is -1.57. The van der Waals surface area contributed by atoms with Gasteiger partial charge >= 0.3 is 5.97 Å². The van der Waals surface area contributed by atoms with Crippen molar-refractivity contribution in [1.82, 2.24) is 4.90 Å². The Morgan fingerprint density at radius 1 is 1.10 bits per heavy atom. The molecule has 1 N–H and O–H groups in total. The van der Waals surface area contributed by atoms with Crippen molar-refractivity contribution < 1.29 is 23.9 Å². The highest BCUT2D eigenvalue weighted by atomic mass is 16.4. The second kappa shape index (κ2) is 4.90. The fraction of sp³-hybridized carbons (Fsp3) is 0.133. The van der Waals surface area contributed by atoms with Crippen molar-refractivity contribution in [3.05, 3.63) is 59.0 Å². The molecule has 0 unspecified atom stereocenters. The Labute approximate surface area is 119 Å². The third-order valence-electron chi connectivity index (χ3n) is 3.42. The number of hydrogen-bond acceptors (Lipinski definition) is 4. The number of hydrogen-bond donors (Lipinski definition) is 1. The Morgan fingerprint density at radius 3 is 2.29 bits per heavy atom. The number of nitrogens with zero attached hydrogens (tertiary/aromatic N) is 1. The quantitative estimate of drug-likeness (QED) is 0.866.